The van der Waals surface area contributed by atoms with Crippen molar-refractivity contribution in [3.63, 3.8) is 0 Å². The Morgan fingerprint density at radius 3 is 2.71 bits per heavy atom. The summed E-state index contributed by atoms with van der Waals surface area (Å²) in [5.41, 5.74) is 5.57. The summed E-state index contributed by atoms with van der Waals surface area (Å²) in [6.45, 7) is 8.14. The standard InChI is InChI=1S/C23H28N4O4/c1-15-6-5-7-19(12-15)30-11-10-24-22(28)14-31-23(29)9-8-20-17(3)25-21-13-16(2)26-27(21)18(20)4/h5-7,12-13H,8-11,14H2,1-4H3,(H,24,28). The highest BCUT2D eigenvalue weighted by Crippen LogP contribution is 2.17. The number of aromatic nitrogens is 3. The van der Waals surface area contributed by atoms with Crippen LogP contribution in [0.1, 0.15) is 34.6 Å². The van der Waals surface area contributed by atoms with Crippen molar-refractivity contribution in [3.05, 3.63) is 58.5 Å². The maximum Gasteiger partial charge on any atom is 0.306 e. The molecule has 0 spiro atoms. The summed E-state index contributed by atoms with van der Waals surface area (Å²) in [5.74, 6) is -0.0328. The second-order valence-electron chi connectivity index (χ2n) is 7.49. The first-order valence-electron chi connectivity index (χ1n) is 10.3. The second-order valence-corrected chi connectivity index (χ2v) is 7.49. The molecule has 2 aromatic heterocycles. The zero-order chi connectivity index (χ0) is 22.4. The fraction of sp³-hybridized carbons (Fsp3) is 0.391. The summed E-state index contributed by atoms with van der Waals surface area (Å²) in [6, 6.07) is 9.60. The highest BCUT2D eigenvalue weighted by Gasteiger charge is 2.14. The Morgan fingerprint density at radius 2 is 1.94 bits per heavy atom. The van der Waals surface area contributed by atoms with Gasteiger partial charge in [0.15, 0.2) is 12.3 Å². The number of hydrogen-bond acceptors (Lipinski definition) is 6. The van der Waals surface area contributed by atoms with Crippen molar-refractivity contribution < 1.29 is 19.1 Å². The average molecular weight is 425 g/mol. The predicted octanol–water partition coefficient (Wildman–Crippen LogP) is 2.63. The summed E-state index contributed by atoms with van der Waals surface area (Å²) >= 11 is 0. The zero-order valence-corrected chi connectivity index (χ0v) is 18.4. The molecule has 0 aliphatic carbocycles. The fourth-order valence-electron chi connectivity index (χ4n) is 3.36. The lowest BCUT2D eigenvalue weighted by atomic mass is 10.1. The van der Waals surface area contributed by atoms with E-state index in [0.29, 0.717) is 19.6 Å². The summed E-state index contributed by atoms with van der Waals surface area (Å²) < 4.78 is 12.4. The highest BCUT2D eigenvalue weighted by molar-refractivity contribution is 5.80. The third-order valence-electron chi connectivity index (χ3n) is 4.91. The Balaban J connectivity index is 1.39. The first-order chi connectivity index (χ1) is 14.8. The molecule has 1 amide bonds. The van der Waals surface area contributed by atoms with Crippen molar-refractivity contribution in [2.45, 2.75) is 40.5 Å². The van der Waals surface area contributed by atoms with Gasteiger partial charge in [-0.05, 0) is 57.4 Å². The van der Waals surface area contributed by atoms with Crippen molar-refractivity contribution in [1.29, 1.82) is 0 Å². The Hall–Kier alpha value is -3.42. The van der Waals surface area contributed by atoms with Gasteiger partial charge in [0.2, 0.25) is 0 Å². The van der Waals surface area contributed by atoms with E-state index in [-0.39, 0.29) is 18.9 Å². The van der Waals surface area contributed by atoms with Crippen LogP contribution < -0.4 is 10.1 Å². The molecule has 1 aromatic carbocycles. The van der Waals surface area contributed by atoms with E-state index < -0.39 is 5.97 Å². The number of esters is 1. The number of hydrogen-bond donors (Lipinski definition) is 1. The van der Waals surface area contributed by atoms with Gasteiger partial charge in [-0.1, -0.05) is 12.1 Å². The minimum atomic E-state index is -0.429. The molecule has 0 radical (unpaired) electrons. The van der Waals surface area contributed by atoms with Crippen molar-refractivity contribution in [1.82, 2.24) is 19.9 Å². The lowest BCUT2D eigenvalue weighted by Crippen LogP contribution is -2.32. The number of fused-ring (bicyclic) bond motifs is 1. The van der Waals surface area contributed by atoms with Gasteiger partial charge in [-0.2, -0.15) is 5.10 Å². The third-order valence-corrected chi connectivity index (χ3v) is 4.91. The maximum absolute atomic E-state index is 12.1. The molecule has 0 fully saturated rings. The van der Waals surface area contributed by atoms with Crippen LogP contribution >= 0.6 is 0 Å². The van der Waals surface area contributed by atoms with Crippen LogP contribution in [0.4, 0.5) is 0 Å². The molecule has 164 valence electrons. The number of amides is 1. The van der Waals surface area contributed by atoms with Crippen molar-refractivity contribution in [2.75, 3.05) is 19.8 Å². The van der Waals surface area contributed by atoms with Crippen LogP contribution in [0.25, 0.3) is 5.65 Å². The van der Waals surface area contributed by atoms with Crippen molar-refractivity contribution >= 4 is 17.5 Å². The molecule has 8 heteroatoms. The van der Waals surface area contributed by atoms with Gasteiger partial charge in [0.25, 0.3) is 5.91 Å². The van der Waals surface area contributed by atoms with Gasteiger partial charge in [0.05, 0.1) is 12.2 Å². The van der Waals surface area contributed by atoms with Crippen molar-refractivity contribution in [3.8, 4) is 5.75 Å². The van der Waals surface area contributed by atoms with E-state index >= 15 is 0 Å². The molecule has 2 heterocycles. The molecule has 0 saturated carbocycles. The second kappa shape index (κ2) is 10.1. The lowest BCUT2D eigenvalue weighted by Gasteiger charge is -2.11. The van der Waals surface area contributed by atoms with Gasteiger partial charge >= 0.3 is 5.97 Å². The number of benzene rings is 1. The van der Waals surface area contributed by atoms with E-state index in [1.54, 1.807) is 4.52 Å². The quantitative estimate of drug-likeness (QED) is 0.419. The Bertz CT molecular complexity index is 1090. The van der Waals surface area contributed by atoms with Crippen LogP contribution in [0.3, 0.4) is 0 Å². The monoisotopic (exact) mass is 424 g/mol. The van der Waals surface area contributed by atoms with Crippen LogP contribution in [0.5, 0.6) is 5.75 Å². The predicted molar refractivity (Wildman–Crippen MR) is 116 cm³/mol. The first kappa shape index (κ1) is 22.3. The molecule has 0 unspecified atom stereocenters. The number of rotatable bonds is 9. The number of nitrogens with zero attached hydrogens (tertiary/aromatic N) is 3. The van der Waals surface area contributed by atoms with E-state index in [0.717, 1.165) is 39.6 Å². The van der Waals surface area contributed by atoms with E-state index in [1.165, 1.54) is 0 Å². The largest absolute Gasteiger partial charge is 0.492 e. The lowest BCUT2D eigenvalue weighted by molar-refractivity contribution is -0.148. The fourth-order valence-corrected chi connectivity index (χ4v) is 3.36. The van der Waals surface area contributed by atoms with E-state index in [1.807, 2.05) is 58.0 Å². The van der Waals surface area contributed by atoms with Crippen molar-refractivity contribution in [2.24, 2.45) is 0 Å². The minimum Gasteiger partial charge on any atom is -0.492 e. The molecule has 0 aliphatic heterocycles. The van der Waals surface area contributed by atoms with Gasteiger partial charge in [-0.15, -0.1) is 0 Å². The zero-order valence-electron chi connectivity index (χ0n) is 18.4. The highest BCUT2D eigenvalue weighted by atomic mass is 16.5. The van der Waals surface area contributed by atoms with Gasteiger partial charge < -0.3 is 14.8 Å². The number of carbonyl (C=O) groups excluding carboxylic acids is 2. The molecule has 0 bridgehead atoms. The molecular formula is C23H28N4O4. The first-order valence-corrected chi connectivity index (χ1v) is 10.3. The Kier molecular flexibility index (Phi) is 7.23. The topological polar surface area (TPSA) is 94.8 Å². The molecule has 8 nitrogen and oxygen atoms in total. The van der Waals surface area contributed by atoms with Gasteiger partial charge in [0, 0.05) is 23.9 Å². The van der Waals surface area contributed by atoms with Gasteiger partial charge in [-0.25, -0.2) is 9.50 Å². The molecule has 3 rings (SSSR count). The molecule has 0 atom stereocenters. The third kappa shape index (κ3) is 6.04. The number of nitrogens with one attached hydrogen (secondary N) is 1. The molecule has 0 aliphatic rings. The minimum absolute atomic E-state index is 0.166. The van der Waals surface area contributed by atoms with E-state index in [4.69, 9.17) is 9.47 Å². The van der Waals surface area contributed by atoms with E-state index in [9.17, 15) is 9.59 Å². The van der Waals surface area contributed by atoms with Gasteiger partial charge in [-0.3, -0.25) is 9.59 Å². The van der Waals surface area contributed by atoms with Crippen LogP contribution in [-0.4, -0.2) is 46.2 Å². The summed E-state index contributed by atoms with van der Waals surface area (Å²) in [6.07, 6.45) is 0.642. The number of ether oxygens (including phenoxy) is 2. The maximum atomic E-state index is 12.1. The van der Waals surface area contributed by atoms with Crippen LogP contribution in [0.2, 0.25) is 0 Å². The van der Waals surface area contributed by atoms with Gasteiger partial charge in [0.1, 0.15) is 12.4 Å². The average Bonchev–Trinajstić information content (AvgIpc) is 3.10. The molecule has 31 heavy (non-hydrogen) atoms. The molecule has 1 N–H and O–H groups in total. The molecule has 0 saturated heterocycles. The number of aryl methyl sites for hydroxylation is 4. The molecule has 3 aromatic rings. The van der Waals surface area contributed by atoms with Crippen LogP contribution in [-0.2, 0) is 20.7 Å². The molecular weight excluding hydrogens is 396 g/mol. The van der Waals surface area contributed by atoms with Crippen LogP contribution in [0, 0.1) is 27.7 Å². The Morgan fingerprint density at radius 1 is 1.13 bits per heavy atom. The summed E-state index contributed by atoms with van der Waals surface area (Å²) in [4.78, 5) is 28.5. The van der Waals surface area contributed by atoms with Crippen LogP contribution in [0.15, 0.2) is 30.3 Å². The Labute approximate surface area is 181 Å². The normalized spacial score (nSPS) is 10.8. The van der Waals surface area contributed by atoms with E-state index in [2.05, 4.69) is 15.4 Å². The number of carbonyl (C=O) groups is 2. The summed E-state index contributed by atoms with van der Waals surface area (Å²) in [7, 11) is 0. The smallest absolute Gasteiger partial charge is 0.306 e. The summed E-state index contributed by atoms with van der Waals surface area (Å²) in [5, 5.41) is 7.11. The SMILES string of the molecule is Cc1cccc(OCCNC(=O)COC(=O)CCc2c(C)nc3cc(C)nn3c2C)c1.